The fraction of sp³-hybridized carbons (Fsp3) is 0.480. The summed E-state index contributed by atoms with van der Waals surface area (Å²) in [7, 11) is 1.70. The molecule has 180 valence electrons. The van der Waals surface area contributed by atoms with E-state index in [0.717, 1.165) is 0 Å². The lowest BCUT2D eigenvalue weighted by molar-refractivity contribution is -0.150. The van der Waals surface area contributed by atoms with Crippen LogP contribution in [0, 0.1) is 11.8 Å². The van der Waals surface area contributed by atoms with Crippen molar-refractivity contribution < 1.29 is 24.2 Å². The number of carbonyl (C=O) groups excluding carboxylic acids is 3. The summed E-state index contributed by atoms with van der Waals surface area (Å²) in [5, 5.41) is 10.4. The largest absolute Gasteiger partial charge is 0.394 e. The van der Waals surface area contributed by atoms with Crippen molar-refractivity contribution in [2.24, 2.45) is 11.8 Å². The maximum Gasteiger partial charge on any atom is 0.253 e. The summed E-state index contributed by atoms with van der Waals surface area (Å²) in [4.78, 5) is 46.2. The lowest BCUT2D eigenvalue weighted by Crippen LogP contribution is -2.58. The third-order valence-corrected chi connectivity index (χ3v) is 7.90. The Kier molecular flexibility index (Phi) is 5.39. The van der Waals surface area contributed by atoms with Gasteiger partial charge in [0.1, 0.15) is 11.6 Å². The van der Waals surface area contributed by atoms with Crippen molar-refractivity contribution in [1.82, 2.24) is 9.80 Å². The molecule has 0 saturated carbocycles. The third-order valence-electron chi connectivity index (χ3n) is 7.58. The number of carbonyl (C=O) groups is 3. The highest BCUT2D eigenvalue weighted by Gasteiger charge is 2.75. The topological polar surface area (TPSA) is 90.4 Å². The Bertz CT molecular complexity index is 1120. The van der Waals surface area contributed by atoms with E-state index >= 15 is 0 Å². The quantitative estimate of drug-likeness (QED) is 0.657. The highest BCUT2D eigenvalue weighted by atomic mass is 35.5. The summed E-state index contributed by atoms with van der Waals surface area (Å²) in [6, 6.07) is 5.33. The molecule has 1 aromatic carbocycles. The fourth-order valence-corrected chi connectivity index (χ4v) is 6.27. The van der Waals surface area contributed by atoms with Gasteiger partial charge in [-0.15, -0.1) is 0 Å². The monoisotopic (exact) mass is 485 g/mol. The van der Waals surface area contributed by atoms with Crippen molar-refractivity contribution in [3.8, 4) is 0 Å². The number of rotatable bonds is 3. The van der Waals surface area contributed by atoms with Crippen LogP contribution in [-0.2, 0) is 19.1 Å². The van der Waals surface area contributed by atoms with Gasteiger partial charge >= 0.3 is 0 Å². The highest BCUT2D eigenvalue weighted by Crippen LogP contribution is 2.57. The van der Waals surface area contributed by atoms with Crippen LogP contribution in [0.1, 0.15) is 13.8 Å². The third kappa shape index (κ3) is 3.01. The van der Waals surface area contributed by atoms with Crippen LogP contribution in [0.2, 0.25) is 5.02 Å². The first-order valence-corrected chi connectivity index (χ1v) is 11.8. The van der Waals surface area contributed by atoms with Crippen LogP contribution in [0.15, 0.2) is 48.6 Å². The average molecular weight is 486 g/mol. The zero-order valence-corrected chi connectivity index (χ0v) is 20.1. The van der Waals surface area contributed by atoms with E-state index in [0.29, 0.717) is 17.3 Å². The Morgan fingerprint density at radius 2 is 1.79 bits per heavy atom. The van der Waals surface area contributed by atoms with Crippen molar-refractivity contribution in [2.75, 3.05) is 31.6 Å². The standard InChI is InChI=1S/C25H28ClN3O5/c1-15(14-30)29-20-23(33)28(17-9-5-4-8-16(17)26)13-7-11-25(20)19(22(29)32)18-21(31)27(3)12-6-10-24(18,2)34-25/h4-11,15,18-20,30H,12-14H2,1-3H3/t15-,18-,19+,20?,24+,25+/m1/s1. The van der Waals surface area contributed by atoms with Crippen molar-refractivity contribution in [2.45, 2.75) is 37.1 Å². The van der Waals surface area contributed by atoms with Gasteiger partial charge in [0.15, 0.2) is 0 Å². The van der Waals surface area contributed by atoms with Crippen LogP contribution >= 0.6 is 11.6 Å². The second-order valence-electron chi connectivity index (χ2n) is 9.70. The van der Waals surface area contributed by atoms with E-state index in [-0.39, 0.29) is 30.9 Å². The molecule has 1 spiro atoms. The minimum atomic E-state index is -1.36. The number of hydrogen-bond acceptors (Lipinski definition) is 5. The Balaban J connectivity index is 1.69. The lowest BCUT2D eigenvalue weighted by Gasteiger charge is -2.39. The number of nitrogens with zero attached hydrogens (tertiary/aromatic N) is 3. The molecule has 0 radical (unpaired) electrons. The van der Waals surface area contributed by atoms with Crippen molar-refractivity contribution >= 4 is 35.0 Å². The molecule has 4 heterocycles. The fourth-order valence-electron chi connectivity index (χ4n) is 6.03. The van der Waals surface area contributed by atoms with E-state index in [1.807, 2.05) is 12.2 Å². The maximum absolute atomic E-state index is 14.2. The van der Waals surface area contributed by atoms with Gasteiger partial charge < -0.3 is 24.5 Å². The first-order valence-electron chi connectivity index (χ1n) is 11.5. The van der Waals surface area contributed by atoms with Gasteiger partial charge in [-0.25, -0.2) is 0 Å². The summed E-state index contributed by atoms with van der Waals surface area (Å²) in [6.45, 7) is 3.81. The summed E-state index contributed by atoms with van der Waals surface area (Å²) < 4.78 is 6.68. The molecule has 2 saturated heterocycles. The van der Waals surface area contributed by atoms with Crippen molar-refractivity contribution in [3.05, 3.63) is 53.6 Å². The number of halogens is 1. The Hall–Kier alpha value is -2.68. The average Bonchev–Trinajstić information content (AvgIpc) is 3.09. The van der Waals surface area contributed by atoms with Gasteiger partial charge in [0.25, 0.3) is 5.91 Å². The van der Waals surface area contributed by atoms with Crippen LogP contribution < -0.4 is 4.90 Å². The van der Waals surface area contributed by atoms with E-state index in [1.54, 1.807) is 62.2 Å². The molecule has 34 heavy (non-hydrogen) atoms. The zero-order valence-electron chi connectivity index (χ0n) is 19.3. The molecule has 1 unspecified atom stereocenters. The molecule has 8 nitrogen and oxygen atoms in total. The Morgan fingerprint density at radius 3 is 2.50 bits per heavy atom. The summed E-state index contributed by atoms with van der Waals surface area (Å²) in [5.41, 5.74) is -1.89. The van der Waals surface area contributed by atoms with Gasteiger partial charge in [0.05, 0.1) is 40.8 Å². The SMILES string of the molecule is C[C@H](CO)N1C(=O)[C@@H]2[C@@H]3C(=O)N(C)CC=C[C@]3(C)O[C@@]23C=CCN(c2ccccc2Cl)C(=O)C13. The predicted octanol–water partition coefficient (Wildman–Crippen LogP) is 1.62. The first-order chi connectivity index (χ1) is 16.2. The molecule has 6 atom stereocenters. The molecule has 1 aromatic rings. The van der Waals surface area contributed by atoms with E-state index in [4.69, 9.17) is 16.3 Å². The molecule has 5 rings (SSSR count). The van der Waals surface area contributed by atoms with Crippen LogP contribution in [-0.4, -0.2) is 82.7 Å². The molecule has 0 bridgehead atoms. The number of anilines is 1. The van der Waals surface area contributed by atoms with Gasteiger partial charge in [0, 0.05) is 20.1 Å². The number of benzene rings is 1. The van der Waals surface area contributed by atoms with E-state index in [9.17, 15) is 19.5 Å². The smallest absolute Gasteiger partial charge is 0.253 e. The molecule has 1 N–H and O–H groups in total. The van der Waals surface area contributed by atoms with Crippen molar-refractivity contribution in [3.63, 3.8) is 0 Å². The van der Waals surface area contributed by atoms with Gasteiger partial charge in [-0.05, 0) is 26.0 Å². The van der Waals surface area contributed by atoms with E-state index < -0.39 is 35.1 Å². The highest BCUT2D eigenvalue weighted by molar-refractivity contribution is 6.34. The maximum atomic E-state index is 14.2. The van der Waals surface area contributed by atoms with Gasteiger partial charge in [0.2, 0.25) is 11.8 Å². The second-order valence-corrected chi connectivity index (χ2v) is 10.1. The first kappa shape index (κ1) is 23.1. The number of fused-ring (bicyclic) bond motifs is 2. The van der Waals surface area contributed by atoms with Crippen LogP contribution in [0.3, 0.4) is 0 Å². The van der Waals surface area contributed by atoms with Gasteiger partial charge in [-0.2, -0.15) is 0 Å². The van der Waals surface area contributed by atoms with Crippen LogP contribution in [0.5, 0.6) is 0 Å². The molecule has 0 aromatic heterocycles. The number of likely N-dealkylation sites (N-methyl/N-ethyl adjacent to an activating group) is 1. The number of hydrogen-bond donors (Lipinski definition) is 1. The predicted molar refractivity (Wildman–Crippen MR) is 126 cm³/mol. The van der Waals surface area contributed by atoms with Gasteiger partial charge in [-0.1, -0.05) is 48.0 Å². The van der Waals surface area contributed by atoms with Crippen LogP contribution in [0.25, 0.3) is 0 Å². The number of ether oxygens (including phenoxy) is 1. The minimum Gasteiger partial charge on any atom is -0.394 e. The number of amides is 3. The summed E-state index contributed by atoms with van der Waals surface area (Å²) >= 11 is 6.43. The number of aliphatic hydroxyl groups excluding tert-OH is 1. The molecular weight excluding hydrogens is 458 g/mol. The molecule has 3 amide bonds. The Labute approximate surface area is 203 Å². The van der Waals surface area contributed by atoms with E-state index in [1.165, 1.54) is 9.80 Å². The lowest BCUT2D eigenvalue weighted by atomic mass is 9.74. The molecule has 2 fully saturated rings. The minimum absolute atomic E-state index is 0.201. The molecule has 4 aliphatic heterocycles. The summed E-state index contributed by atoms with van der Waals surface area (Å²) in [5.74, 6) is -2.63. The Morgan fingerprint density at radius 1 is 1.09 bits per heavy atom. The molecule has 4 aliphatic rings. The van der Waals surface area contributed by atoms with Gasteiger partial charge in [-0.3, -0.25) is 14.4 Å². The second kappa shape index (κ2) is 7.93. The molecule has 9 heteroatoms. The molecular formula is C25H28ClN3O5. The molecule has 0 aliphatic carbocycles. The number of likely N-dealkylation sites (tertiary alicyclic amines) is 1. The normalized spacial score (nSPS) is 35.7. The van der Waals surface area contributed by atoms with Crippen molar-refractivity contribution in [1.29, 1.82) is 0 Å². The zero-order chi connectivity index (χ0) is 24.4. The van der Waals surface area contributed by atoms with Crippen LogP contribution in [0.4, 0.5) is 5.69 Å². The van der Waals surface area contributed by atoms with E-state index in [2.05, 4.69) is 0 Å². The number of para-hydroxylation sites is 1. The number of aliphatic hydroxyl groups is 1. The summed E-state index contributed by atoms with van der Waals surface area (Å²) in [6.07, 6.45) is 7.29.